The van der Waals surface area contributed by atoms with Crippen molar-refractivity contribution in [1.82, 2.24) is 4.90 Å². The Morgan fingerprint density at radius 2 is 1.43 bits per heavy atom. The molecule has 1 heterocycles. The van der Waals surface area contributed by atoms with Gasteiger partial charge in [-0.15, -0.1) is 23.2 Å². The minimum atomic E-state index is -1.67. The summed E-state index contributed by atoms with van der Waals surface area (Å²) < 4.78 is 3.18. The van der Waals surface area contributed by atoms with Crippen molar-refractivity contribution in [2.75, 3.05) is 13.2 Å². The van der Waals surface area contributed by atoms with Crippen LogP contribution in [0.15, 0.2) is 10.1 Å². The van der Waals surface area contributed by atoms with Gasteiger partial charge < -0.3 is 4.74 Å². The summed E-state index contributed by atoms with van der Waals surface area (Å²) in [6.45, 7) is 1.21. The molecule has 4 aliphatic rings. The van der Waals surface area contributed by atoms with Crippen molar-refractivity contribution in [1.29, 1.82) is 0 Å². The number of carbonyl (C=O) groups excluding carboxylic acids is 3. The minimum absolute atomic E-state index is 0.00628. The number of imide groups is 1. The van der Waals surface area contributed by atoms with Crippen LogP contribution < -0.4 is 0 Å². The molecule has 4 rings (SSSR count). The number of hydrogen-bond donors (Lipinski definition) is 0. The van der Waals surface area contributed by atoms with Crippen molar-refractivity contribution in [3.63, 3.8) is 0 Å². The molecule has 154 valence electrons. The molecule has 6 atom stereocenters. The molecule has 1 saturated heterocycles. The lowest BCUT2D eigenvalue weighted by Gasteiger charge is -2.42. The van der Waals surface area contributed by atoms with Crippen LogP contribution in [0.1, 0.15) is 19.8 Å². The van der Waals surface area contributed by atoms with Crippen molar-refractivity contribution in [2.45, 2.75) is 33.8 Å². The van der Waals surface area contributed by atoms with Crippen LogP contribution >= 0.6 is 69.6 Å². The van der Waals surface area contributed by atoms with E-state index in [-0.39, 0.29) is 47.9 Å². The number of ether oxygens (including phenoxy) is 1. The number of rotatable bonds is 3. The molecule has 0 N–H and O–H groups in total. The first-order valence-corrected chi connectivity index (χ1v) is 11.0. The Morgan fingerprint density at radius 3 is 1.82 bits per heavy atom. The Bertz CT molecular complexity index is 776. The highest BCUT2D eigenvalue weighted by atomic mass is 35.5. The van der Waals surface area contributed by atoms with Gasteiger partial charge in [-0.1, -0.05) is 46.4 Å². The molecule has 0 aromatic rings. The van der Waals surface area contributed by atoms with E-state index in [1.165, 1.54) is 6.92 Å². The summed E-state index contributed by atoms with van der Waals surface area (Å²) in [6, 6.07) is 0. The summed E-state index contributed by atoms with van der Waals surface area (Å²) in [4.78, 5) is 34.9. The molecule has 0 aromatic heterocycles. The van der Waals surface area contributed by atoms with Crippen molar-refractivity contribution in [2.24, 2.45) is 23.7 Å². The first-order valence-electron chi connectivity index (χ1n) is 8.71. The molecular formula is C17H15Cl6NO4. The summed E-state index contributed by atoms with van der Waals surface area (Å²) in [6.07, 6.45) is 0.535. The Balaban J connectivity index is 1.64. The van der Waals surface area contributed by atoms with Gasteiger partial charge in [-0.05, 0) is 24.7 Å². The van der Waals surface area contributed by atoms with E-state index in [0.717, 1.165) is 4.90 Å². The fourth-order valence-corrected chi connectivity index (χ4v) is 8.40. The van der Waals surface area contributed by atoms with Crippen molar-refractivity contribution in [3.05, 3.63) is 10.1 Å². The number of amides is 2. The third-order valence-electron chi connectivity index (χ3n) is 6.54. The standard InChI is InChI=1S/C17H15Cl6NO4/c1-6(25)28-3-2-24-13(26)7-4-9-10(5-8(7)14(24)27)16(21)12(19)11(18)15(9,20)17(16,22)23/h7-10H,2-5H2,1H3/t7-,8+,9+,10-,15-,16-/m0/s1. The smallest absolute Gasteiger partial charge is 0.302 e. The highest BCUT2D eigenvalue weighted by molar-refractivity contribution is 6.65. The molecule has 0 aromatic carbocycles. The number of esters is 1. The van der Waals surface area contributed by atoms with Gasteiger partial charge in [0.25, 0.3) is 0 Å². The number of halogens is 6. The maximum absolute atomic E-state index is 12.9. The molecule has 0 radical (unpaired) electrons. The third-order valence-corrected chi connectivity index (χ3v) is 10.9. The summed E-state index contributed by atoms with van der Waals surface area (Å²) in [5, 5.41) is 0.193. The molecule has 3 fully saturated rings. The zero-order valence-electron chi connectivity index (χ0n) is 14.5. The Kier molecular flexibility index (Phi) is 4.98. The number of hydrogen-bond acceptors (Lipinski definition) is 4. The van der Waals surface area contributed by atoms with Gasteiger partial charge in [0, 0.05) is 6.92 Å². The van der Waals surface area contributed by atoms with E-state index in [0.29, 0.717) is 0 Å². The van der Waals surface area contributed by atoms with E-state index in [1.54, 1.807) is 0 Å². The van der Waals surface area contributed by atoms with Crippen LogP contribution in [0.5, 0.6) is 0 Å². The second kappa shape index (κ2) is 6.54. The molecule has 2 saturated carbocycles. The third kappa shape index (κ3) is 2.32. The van der Waals surface area contributed by atoms with E-state index in [1.807, 2.05) is 0 Å². The van der Waals surface area contributed by atoms with Crippen molar-refractivity contribution < 1.29 is 19.1 Å². The highest BCUT2D eigenvalue weighted by Crippen LogP contribution is 2.79. The summed E-state index contributed by atoms with van der Waals surface area (Å²) in [5.41, 5.74) is 0. The van der Waals surface area contributed by atoms with Crippen LogP contribution in [0.4, 0.5) is 0 Å². The monoisotopic (exact) mass is 507 g/mol. The fourth-order valence-electron chi connectivity index (χ4n) is 5.29. The first kappa shape index (κ1) is 21.3. The van der Waals surface area contributed by atoms with Crippen LogP contribution in [0, 0.1) is 23.7 Å². The number of carbonyl (C=O) groups is 3. The van der Waals surface area contributed by atoms with Crippen molar-refractivity contribution in [3.8, 4) is 0 Å². The molecule has 28 heavy (non-hydrogen) atoms. The van der Waals surface area contributed by atoms with E-state index < -0.39 is 43.7 Å². The van der Waals surface area contributed by atoms with Crippen LogP contribution in [-0.4, -0.2) is 49.9 Å². The first-order chi connectivity index (χ1) is 12.9. The Morgan fingerprint density at radius 1 is 1.00 bits per heavy atom. The van der Waals surface area contributed by atoms with Crippen LogP contribution in [0.3, 0.4) is 0 Å². The molecule has 11 heteroatoms. The predicted octanol–water partition coefficient (Wildman–Crippen LogP) is 4.02. The zero-order chi connectivity index (χ0) is 20.8. The molecule has 1 aliphatic heterocycles. The lowest BCUT2D eigenvalue weighted by atomic mass is 9.65. The summed E-state index contributed by atoms with van der Waals surface area (Å²) in [5.74, 6) is -3.11. The quantitative estimate of drug-likeness (QED) is 0.327. The average Bonchev–Trinajstić information content (AvgIpc) is 2.98. The molecule has 0 unspecified atom stereocenters. The van der Waals surface area contributed by atoms with E-state index in [2.05, 4.69) is 0 Å². The van der Waals surface area contributed by atoms with Gasteiger partial charge in [0.2, 0.25) is 11.8 Å². The average molecular weight is 510 g/mol. The normalized spacial score (nSPS) is 43.5. The molecular weight excluding hydrogens is 495 g/mol. The second-order valence-electron chi connectivity index (χ2n) is 7.69. The molecule has 0 spiro atoms. The fraction of sp³-hybridized carbons (Fsp3) is 0.706. The lowest BCUT2D eigenvalue weighted by Crippen LogP contribution is -2.44. The minimum Gasteiger partial charge on any atom is -0.464 e. The van der Waals surface area contributed by atoms with Gasteiger partial charge in [0.15, 0.2) is 4.33 Å². The maximum Gasteiger partial charge on any atom is 0.302 e. The Labute approximate surface area is 191 Å². The molecule has 2 amide bonds. The molecule has 3 aliphatic carbocycles. The summed E-state index contributed by atoms with van der Waals surface area (Å²) >= 11 is 39.6. The SMILES string of the molecule is CC(=O)OCCN1C(=O)[C@H]2C[C@@H]3[C@H](C[C@H]2C1=O)[C@]1(Cl)C(Cl)=C(Cl)[C@]3(Cl)C1(Cl)Cl. The predicted molar refractivity (Wildman–Crippen MR) is 107 cm³/mol. The van der Waals surface area contributed by atoms with Gasteiger partial charge in [0.05, 0.1) is 28.4 Å². The number of allylic oxidation sites excluding steroid dienone is 2. The van der Waals surface area contributed by atoms with Gasteiger partial charge in [-0.3, -0.25) is 19.3 Å². The van der Waals surface area contributed by atoms with Gasteiger partial charge in [-0.2, -0.15) is 0 Å². The zero-order valence-corrected chi connectivity index (χ0v) is 19.0. The number of fused-ring (bicyclic) bond motifs is 6. The number of nitrogens with zero attached hydrogens (tertiary/aromatic N) is 1. The van der Waals surface area contributed by atoms with E-state index in [4.69, 9.17) is 74.3 Å². The molecule has 2 bridgehead atoms. The van der Waals surface area contributed by atoms with Crippen molar-refractivity contribution >= 4 is 87.4 Å². The molecule has 5 nitrogen and oxygen atoms in total. The number of alkyl halides is 4. The second-order valence-corrected chi connectivity index (χ2v) is 11.0. The number of likely N-dealkylation sites (tertiary alicyclic amines) is 1. The van der Waals surface area contributed by atoms with Gasteiger partial charge in [0.1, 0.15) is 16.4 Å². The van der Waals surface area contributed by atoms with Crippen LogP contribution in [0.25, 0.3) is 0 Å². The Hall–Kier alpha value is 0.0900. The van der Waals surface area contributed by atoms with Gasteiger partial charge in [-0.25, -0.2) is 0 Å². The van der Waals surface area contributed by atoms with Gasteiger partial charge >= 0.3 is 5.97 Å². The maximum atomic E-state index is 12.9. The van der Waals surface area contributed by atoms with E-state index in [9.17, 15) is 14.4 Å². The largest absolute Gasteiger partial charge is 0.464 e. The van der Waals surface area contributed by atoms with Crippen LogP contribution in [0.2, 0.25) is 0 Å². The summed E-state index contributed by atoms with van der Waals surface area (Å²) in [7, 11) is 0. The highest BCUT2D eigenvalue weighted by Gasteiger charge is 2.83. The lowest BCUT2D eigenvalue weighted by molar-refractivity contribution is -0.147. The topological polar surface area (TPSA) is 63.7 Å². The van der Waals surface area contributed by atoms with E-state index >= 15 is 0 Å². The van der Waals surface area contributed by atoms with Crippen LogP contribution in [-0.2, 0) is 19.1 Å².